The zero-order valence-electron chi connectivity index (χ0n) is 4.62. The van der Waals surface area contributed by atoms with E-state index in [4.69, 9.17) is 10.2 Å². The minimum Gasteiger partial charge on any atom is -0.396 e. The second kappa shape index (κ2) is 1.25. The molecule has 2 heteroatoms. The normalized spacial score (nSPS) is 57.8. The van der Waals surface area contributed by atoms with Gasteiger partial charge in [0.15, 0.2) is 0 Å². The van der Waals surface area contributed by atoms with E-state index in [1.165, 1.54) is 0 Å². The van der Waals surface area contributed by atoms with E-state index >= 15 is 0 Å². The van der Waals surface area contributed by atoms with Gasteiger partial charge in [0.1, 0.15) is 0 Å². The Morgan fingerprint density at radius 2 is 1.25 bits per heavy atom. The number of aliphatic hydroxyl groups is 2. The summed E-state index contributed by atoms with van der Waals surface area (Å²) in [5, 5.41) is 17.1. The molecule has 8 heavy (non-hydrogen) atoms. The van der Waals surface area contributed by atoms with E-state index in [-0.39, 0.29) is 0 Å². The van der Waals surface area contributed by atoms with Crippen LogP contribution in [-0.4, -0.2) is 23.4 Å². The summed E-state index contributed by atoms with van der Waals surface area (Å²) in [6.07, 6.45) is 0. The van der Waals surface area contributed by atoms with Crippen LogP contribution in [0, 0.1) is 23.7 Å². The fourth-order valence-electron chi connectivity index (χ4n) is 1.83. The summed E-state index contributed by atoms with van der Waals surface area (Å²) in [6, 6.07) is 0. The second-order valence-corrected chi connectivity index (χ2v) is 2.85. The van der Waals surface area contributed by atoms with Crippen LogP contribution in [0.25, 0.3) is 0 Å². The molecule has 2 fully saturated rings. The maximum absolute atomic E-state index is 8.54. The Labute approximate surface area is 48.1 Å². The third kappa shape index (κ3) is 0.361. The predicted octanol–water partition coefficient (Wildman–Crippen LogP) is -0.537. The maximum Gasteiger partial charge on any atom is 0.0465 e. The summed E-state index contributed by atoms with van der Waals surface area (Å²) in [6.45, 7) is 0.678. The van der Waals surface area contributed by atoms with Gasteiger partial charge in [-0.25, -0.2) is 0 Å². The van der Waals surface area contributed by atoms with Crippen molar-refractivity contribution in [2.75, 3.05) is 13.2 Å². The number of aliphatic hydroxyl groups excluding tert-OH is 2. The van der Waals surface area contributed by atoms with E-state index in [2.05, 4.69) is 0 Å². The van der Waals surface area contributed by atoms with Crippen LogP contribution in [0.5, 0.6) is 0 Å². The van der Waals surface area contributed by atoms with Gasteiger partial charge in [0, 0.05) is 13.2 Å². The molecular weight excluding hydrogens is 104 g/mol. The van der Waals surface area contributed by atoms with Crippen LogP contribution in [0.1, 0.15) is 0 Å². The summed E-state index contributed by atoms with van der Waals surface area (Å²) in [5.74, 6) is 2.58. The molecule has 2 N–H and O–H groups in total. The molecule has 2 aliphatic rings. The van der Waals surface area contributed by atoms with E-state index < -0.39 is 0 Å². The summed E-state index contributed by atoms with van der Waals surface area (Å²) >= 11 is 0. The van der Waals surface area contributed by atoms with Crippen LogP contribution >= 0.6 is 0 Å². The van der Waals surface area contributed by atoms with Crippen molar-refractivity contribution < 1.29 is 10.2 Å². The molecule has 0 radical (unpaired) electrons. The van der Waals surface area contributed by atoms with Crippen molar-refractivity contribution in [2.24, 2.45) is 23.7 Å². The molecule has 0 unspecified atom stereocenters. The van der Waals surface area contributed by atoms with E-state index in [9.17, 15) is 0 Å². The summed E-state index contributed by atoms with van der Waals surface area (Å²) < 4.78 is 0. The molecule has 2 nitrogen and oxygen atoms in total. The summed E-state index contributed by atoms with van der Waals surface area (Å²) in [7, 11) is 0. The Morgan fingerprint density at radius 1 is 0.875 bits per heavy atom. The highest BCUT2D eigenvalue weighted by atomic mass is 16.3. The van der Waals surface area contributed by atoms with Crippen molar-refractivity contribution in [2.45, 2.75) is 0 Å². The van der Waals surface area contributed by atoms with Crippen molar-refractivity contribution in [1.82, 2.24) is 0 Å². The quantitative estimate of drug-likeness (QED) is 0.506. The highest BCUT2D eigenvalue weighted by Crippen LogP contribution is 2.72. The lowest BCUT2D eigenvalue weighted by Crippen LogP contribution is -2.07. The van der Waals surface area contributed by atoms with Gasteiger partial charge in [-0.3, -0.25) is 0 Å². The molecule has 0 heterocycles. The fraction of sp³-hybridized carbons (Fsp3) is 1.00. The molecule has 0 atom stereocenters. The molecule has 0 bridgehead atoms. The minimum atomic E-state index is 0.339. The smallest absolute Gasteiger partial charge is 0.0465 e. The molecule has 0 aliphatic heterocycles. The molecule has 0 aromatic carbocycles. The van der Waals surface area contributed by atoms with E-state index in [1.807, 2.05) is 0 Å². The molecule has 0 amide bonds. The first-order valence-electron chi connectivity index (χ1n) is 3.12. The molecule has 2 saturated carbocycles. The molecule has 0 aromatic rings. The van der Waals surface area contributed by atoms with Crippen LogP contribution in [0.3, 0.4) is 0 Å². The number of hydrogen-bond acceptors (Lipinski definition) is 2. The molecule has 0 saturated heterocycles. The molecular formula is C6H10O2. The highest BCUT2D eigenvalue weighted by molar-refractivity contribution is 5.18. The van der Waals surface area contributed by atoms with Crippen LogP contribution in [-0.2, 0) is 0 Å². The lowest BCUT2D eigenvalue weighted by atomic mass is 10.1. The van der Waals surface area contributed by atoms with Gasteiger partial charge in [0.05, 0.1) is 0 Å². The van der Waals surface area contributed by atoms with Crippen LogP contribution < -0.4 is 0 Å². The average Bonchev–Trinajstić information content (AvgIpc) is 2.51. The minimum absolute atomic E-state index is 0.339. The van der Waals surface area contributed by atoms with E-state index in [1.54, 1.807) is 0 Å². The molecule has 2 aliphatic carbocycles. The van der Waals surface area contributed by atoms with Crippen LogP contribution in [0.4, 0.5) is 0 Å². The largest absolute Gasteiger partial charge is 0.396 e. The number of rotatable bonds is 2. The monoisotopic (exact) mass is 114 g/mol. The molecule has 46 valence electrons. The van der Waals surface area contributed by atoms with Crippen molar-refractivity contribution >= 4 is 0 Å². The van der Waals surface area contributed by atoms with Crippen LogP contribution in [0.2, 0.25) is 0 Å². The first-order valence-corrected chi connectivity index (χ1v) is 3.12. The Morgan fingerprint density at radius 3 is 1.50 bits per heavy atom. The zero-order chi connectivity index (χ0) is 5.72. The zero-order valence-corrected chi connectivity index (χ0v) is 4.62. The van der Waals surface area contributed by atoms with Gasteiger partial charge in [-0.05, 0) is 23.7 Å². The topological polar surface area (TPSA) is 40.5 Å². The van der Waals surface area contributed by atoms with Crippen LogP contribution in [0.15, 0.2) is 0 Å². The third-order valence-electron chi connectivity index (χ3n) is 2.56. The number of fused-ring (bicyclic) bond motifs is 1. The molecule has 0 spiro atoms. The highest BCUT2D eigenvalue weighted by Gasteiger charge is 2.72. The standard InChI is InChI=1S/C6H10O2/c7-1-3-5-4(2-8)6(3)5/h3-8H,1-2H2. The first kappa shape index (κ1) is 4.77. The Balaban J connectivity index is 1.79. The van der Waals surface area contributed by atoms with Gasteiger partial charge in [-0.15, -0.1) is 0 Å². The van der Waals surface area contributed by atoms with Gasteiger partial charge in [-0.2, -0.15) is 0 Å². The molecule has 0 aromatic heterocycles. The summed E-state index contributed by atoms with van der Waals surface area (Å²) in [5.41, 5.74) is 0. The van der Waals surface area contributed by atoms with E-state index in [0.717, 1.165) is 0 Å². The lowest BCUT2D eigenvalue weighted by molar-refractivity contribution is 0.190. The SMILES string of the molecule is OCC1C2C(CO)C12. The average molecular weight is 114 g/mol. The first-order chi connectivity index (χ1) is 3.90. The van der Waals surface area contributed by atoms with Crippen molar-refractivity contribution in [3.63, 3.8) is 0 Å². The van der Waals surface area contributed by atoms with Gasteiger partial charge in [0.25, 0.3) is 0 Å². The van der Waals surface area contributed by atoms with Crippen molar-refractivity contribution in [3.05, 3.63) is 0 Å². The Kier molecular flexibility index (Phi) is 0.746. The van der Waals surface area contributed by atoms with Gasteiger partial charge in [-0.1, -0.05) is 0 Å². The van der Waals surface area contributed by atoms with Crippen molar-refractivity contribution in [3.8, 4) is 0 Å². The van der Waals surface area contributed by atoms with Crippen molar-refractivity contribution in [1.29, 1.82) is 0 Å². The Hall–Kier alpha value is -0.0800. The third-order valence-corrected chi connectivity index (χ3v) is 2.56. The van der Waals surface area contributed by atoms with E-state index in [0.29, 0.717) is 36.9 Å². The lowest BCUT2D eigenvalue weighted by Gasteiger charge is -2.03. The Bertz CT molecular complexity index is 91.1. The summed E-state index contributed by atoms with van der Waals surface area (Å²) in [4.78, 5) is 0. The second-order valence-electron chi connectivity index (χ2n) is 2.85. The van der Waals surface area contributed by atoms with Gasteiger partial charge < -0.3 is 10.2 Å². The molecule has 2 rings (SSSR count). The fourth-order valence-corrected chi connectivity index (χ4v) is 1.83. The van der Waals surface area contributed by atoms with Gasteiger partial charge >= 0.3 is 0 Å². The maximum atomic E-state index is 8.54. The van der Waals surface area contributed by atoms with Gasteiger partial charge in [0.2, 0.25) is 0 Å². The predicted molar refractivity (Wildman–Crippen MR) is 28.1 cm³/mol. The number of hydrogen-bond donors (Lipinski definition) is 2.